The molecule has 2 rings (SSSR count). The van der Waals surface area contributed by atoms with Crippen molar-refractivity contribution in [2.24, 2.45) is 11.7 Å². The number of carbonyl (C=O) groups is 2. The van der Waals surface area contributed by atoms with E-state index in [1.807, 2.05) is 0 Å². The summed E-state index contributed by atoms with van der Waals surface area (Å²) in [6.07, 6.45) is -0.0204. The highest BCUT2D eigenvalue weighted by molar-refractivity contribution is 6.00. The zero-order chi connectivity index (χ0) is 12.6. The number of benzene rings is 1. The second kappa shape index (κ2) is 4.12. The fourth-order valence-corrected chi connectivity index (χ4v) is 1.84. The third-order valence-electron chi connectivity index (χ3n) is 2.69. The first kappa shape index (κ1) is 11.5. The standard InChI is InChI=1S/C11H10F2N2O2/c12-7-2-8(13)4-9(3-7)15-5-6(11(14)17)1-10(15)16/h2-4,6H,1,5H2,(H2,14,17). The summed E-state index contributed by atoms with van der Waals surface area (Å²) in [7, 11) is 0. The van der Waals surface area contributed by atoms with Crippen molar-refractivity contribution >= 4 is 17.5 Å². The summed E-state index contributed by atoms with van der Waals surface area (Å²) < 4.78 is 26.0. The molecular weight excluding hydrogens is 230 g/mol. The summed E-state index contributed by atoms with van der Waals surface area (Å²) in [5.41, 5.74) is 5.20. The molecule has 0 radical (unpaired) electrons. The molecule has 1 aromatic rings. The fourth-order valence-electron chi connectivity index (χ4n) is 1.84. The predicted octanol–water partition coefficient (Wildman–Crippen LogP) is 0.803. The Bertz CT molecular complexity index is 470. The van der Waals surface area contributed by atoms with Gasteiger partial charge in [-0.15, -0.1) is 0 Å². The summed E-state index contributed by atoms with van der Waals surface area (Å²) in [6.45, 7) is 0.0665. The third-order valence-corrected chi connectivity index (χ3v) is 2.69. The molecule has 1 saturated heterocycles. The number of carbonyl (C=O) groups excluding carboxylic acids is 2. The van der Waals surface area contributed by atoms with E-state index < -0.39 is 23.5 Å². The zero-order valence-corrected chi connectivity index (χ0v) is 8.82. The van der Waals surface area contributed by atoms with Gasteiger partial charge in [-0.3, -0.25) is 9.59 Å². The van der Waals surface area contributed by atoms with Gasteiger partial charge in [-0.2, -0.15) is 0 Å². The normalized spacial score (nSPS) is 19.8. The van der Waals surface area contributed by atoms with Crippen molar-refractivity contribution in [1.29, 1.82) is 0 Å². The van der Waals surface area contributed by atoms with Crippen LogP contribution < -0.4 is 10.6 Å². The van der Waals surface area contributed by atoms with Gasteiger partial charge in [-0.05, 0) is 12.1 Å². The van der Waals surface area contributed by atoms with E-state index in [0.29, 0.717) is 0 Å². The highest BCUT2D eigenvalue weighted by Crippen LogP contribution is 2.26. The first-order valence-electron chi connectivity index (χ1n) is 5.03. The van der Waals surface area contributed by atoms with E-state index in [4.69, 9.17) is 5.73 Å². The van der Waals surface area contributed by atoms with Gasteiger partial charge in [0, 0.05) is 24.7 Å². The molecule has 1 fully saturated rings. The molecule has 1 aliphatic heterocycles. The van der Waals surface area contributed by atoms with Crippen LogP contribution >= 0.6 is 0 Å². The lowest BCUT2D eigenvalue weighted by atomic mass is 10.1. The quantitative estimate of drug-likeness (QED) is 0.831. The average molecular weight is 240 g/mol. The maximum Gasteiger partial charge on any atom is 0.227 e. The van der Waals surface area contributed by atoms with E-state index in [2.05, 4.69) is 0 Å². The third kappa shape index (κ3) is 2.25. The van der Waals surface area contributed by atoms with Crippen LogP contribution in [0.15, 0.2) is 18.2 Å². The highest BCUT2D eigenvalue weighted by atomic mass is 19.1. The topological polar surface area (TPSA) is 63.4 Å². The molecule has 0 saturated carbocycles. The molecular formula is C11H10F2N2O2. The van der Waals surface area contributed by atoms with Gasteiger partial charge in [0.25, 0.3) is 0 Å². The van der Waals surface area contributed by atoms with Crippen LogP contribution in [0.4, 0.5) is 14.5 Å². The van der Waals surface area contributed by atoms with E-state index in [1.165, 1.54) is 4.90 Å². The average Bonchev–Trinajstić information content (AvgIpc) is 2.59. The predicted molar refractivity (Wildman–Crippen MR) is 56.0 cm³/mol. The molecule has 6 heteroatoms. The zero-order valence-electron chi connectivity index (χ0n) is 8.82. The Labute approximate surface area is 96.0 Å². The summed E-state index contributed by atoms with van der Waals surface area (Å²) in [4.78, 5) is 23.7. The smallest absolute Gasteiger partial charge is 0.227 e. The largest absolute Gasteiger partial charge is 0.369 e. The summed E-state index contributed by atoms with van der Waals surface area (Å²) in [5, 5.41) is 0. The molecule has 0 bridgehead atoms. The first-order valence-corrected chi connectivity index (χ1v) is 5.03. The monoisotopic (exact) mass is 240 g/mol. The van der Waals surface area contributed by atoms with Gasteiger partial charge in [-0.25, -0.2) is 8.78 Å². The maximum atomic E-state index is 13.0. The molecule has 1 aromatic carbocycles. The van der Waals surface area contributed by atoms with Gasteiger partial charge in [0.1, 0.15) is 11.6 Å². The van der Waals surface area contributed by atoms with E-state index in [1.54, 1.807) is 0 Å². The molecule has 4 nitrogen and oxygen atoms in total. The second-order valence-electron chi connectivity index (χ2n) is 3.94. The number of nitrogens with two attached hydrogens (primary N) is 1. The Morgan fingerprint density at radius 3 is 2.35 bits per heavy atom. The van der Waals surface area contributed by atoms with Crippen LogP contribution in [-0.2, 0) is 9.59 Å². The van der Waals surface area contributed by atoms with Crippen molar-refractivity contribution in [2.45, 2.75) is 6.42 Å². The lowest BCUT2D eigenvalue weighted by molar-refractivity contribution is -0.123. The Kier molecular flexibility index (Phi) is 2.79. The Morgan fingerprint density at radius 2 is 1.88 bits per heavy atom. The van der Waals surface area contributed by atoms with Crippen molar-refractivity contribution in [2.75, 3.05) is 11.4 Å². The number of hydrogen-bond acceptors (Lipinski definition) is 2. The van der Waals surface area contributed by atoms with Gasteiger partial charge in [0.05, 0.1) is 5.92 Å². The number of nitrogens with zero attached hydrogens (tertiary/aromatic N) is 1. The number of hydrogen-bond donors (Lipinski definition) is 1. The van der Waals surface area contributed by atoms with Gasteiger partial charge in [-0.1, -0.05) is 0 Å². The van der Waals surface area contributed by atoms with Crippen LogP contribution in [0.2, 0.25) is 0 Å². The molecule has 0 aliphatic carbocycles. The fraction of sp³-hybridized carbons (Fsp3) is 0.273. The molecule has 1 unspecified atom stereocenters. The van der Waals surface area contributed by atoms with Crippen LogP contribution in [0, 0.1) is 17.6 Å². The number of anilines is 1. The minimum absolute atomic E-state index is 0.0204. The molecule has 0 aromatic heterocycles. The van der Waals surface area contributed by atoms with Crippen LogP contribution in [-0.4, -0.2) is 18.4 Å². The molecule has 1 atom stereocenters. The molecule has 17 heavy (non-hydrogen) atoms. The first-order chi connectivity index (χ1) is 7.97. The van der Waals surface area contributed by atoms with E-state index in [9.17, 15) is 18.4 Å². The van der Waals surface area contributed by atoms with Crippen LogP contribution in [0.1, 0.15) is 6.42 Å². The minimum atomic E-state index is -0.768. The molecule has 0 spiro atoms. The lowest BCUT2D eigenvalue weighted by Crippen LogP contribution is -2.28. The Hall–Kier alpha value is -1.98. The van der Waals surface area contributed by atoms with Gasteiger partial charge < -0.3 is 10.6 Å². The van der Waals surface area contributed by atoms with Crippen molar-refractivity contribution in [3.8, 4) is 0 Å². The van der Waals surface area contributed by atoms with Crippen LogP contribution in [0.3, 0.4) is 0 Å². The van der Waals surface area contributed by atoms with E-state index in [0.717, 1.165) is 18.2 Å². The summed E-state index contributed by atoms with van der Waals surface area (Å²) in [6, 6.07) is 2.81. The minimum Gasteiger partial charge on any atom is -0.369 e. The Balaban J connectivity index is 2.28. The number of amides is 2. The Morgan fingerprint density at radius 1 is 1.29 bits per heavy atom. The molecule has 1 heterocycles. The van der Waals surface area contributed by atoms with Crippen molar-refractivity contribution in [3.63, 3.8) is 0 Å². The maximum absolute atomic E-state index is 13.0. The van der Waals surface area contributed by atoms with E-state index >= 15 is 0 Å². The highest BCUT2D eigenvalue weighted by Gasteiger charge is 2.34. The molecule has 1 aliphatic rings. The number of primary amides is 1. The summed E-state index contributed by atoms with van der Waals surface area (Å²) in [5.74, 6) is -3.09. The number of rotatable bonds is 2. The van der Waals surface area contributed by atoms with Crippen LogP contribution in [0.5, 0.6) is 0 Å². The molecule has 2 amide bonds. The van der Waals surface area contributed by atoms with Crippen molar-refractivity contribution in [1.82, 2.24) is 0 Å². The van der Waals surface area contributed by atoms with Gasteiger partial charge in [0.15, 0.2) is 0 Å². The van der Waals surface area contributed by atoms with Gasteiger partial charge >= 0.3 is 0 Å². The van der Waals surface area contributed by atoms with Crippen LogP contribution in [0.25, 0.3) is 0 Å². The van der Waals surface area contributed by atoms with E-state index in [-0.39, 0.29) is 24.6 Å². The number of halogens is 2. The SMILES string of the molecule is NC(=O)C1CC(=O)N(c2cc(F)cc(F)c2)C1. The van der Waals surface area contributed by atoms with Crippen molar-refractivity contribution in [3.05, 3.63) is 29.8 Å². The molecule has 90 valence electrons. The lowest BCUT2D eigenvalue weighted by Gasteiger charge is -2.16. The molecule has 2 N–H and O–H groups in total. The summed E-state index contributed by atoms with van der Waals surface area (Å²) >= 11 is 0. The van der Waals surface area contributed by atoms with Crippen molar-refractivity contribution < 1.29 is 18.4 Å². The second-order valence-corrected chi connectivity index (χ2v) is 3.94. The van der Waals surface area contributed by atoms with Gasteiger partial charge in [0.2, 0.25) is 11.8 Å².